The first-order chi connectivity index (χ1) is 13.1. The number of nitrogens with zero attached hydrogens (tertiary/aromatic N) is 2. The predicted octanol–water partition coefficient (Wildman–Crippen LogP) is 2.82. The molecule has 0 saturated heterocycles. The first-order valence-electron chi connectivity index (χ1n) is 8.57. The van der Waals surface area contributed by atoms with Crippen LogP contribution in [0.2, 0.25) is 5.02 Å². The van der Waals surface area contributed by atoms with E-state index in [4.69, 9.17) is 21.1 Å². The highest BCUT2D eigenvalue weighted by Gasteiger charge is 2.17. The van der Waals surface area contributed by atoms with E-state index in [0.717, 1.165) is 24.1 Å². The van der Waals surface area contributed by atoms with Crippen LogP contribution in [0.5, 0.6) is 0 Å². The molecule has 1 aromatic heterocycles. The summed E-state index contributed by atoms with van der Waals surface area (Å²) in [5.74, 6) is -0.553. The number of anilines is 1. The summed E-state index contributed by atoms with van der Waals surface area (Å²) >= 11 is 6.25. The summed E-state index contributed by atoms with van der Waals surface area (Å²) in [5, 5.41) is 7.33. The lowest BCUT2D eigenvalue weighted by molar-refractivity contribution is 0.0600. The Balaban J connectivity index is 1.81. The van der Waals surface area contributed by atoms with Crippen molar-refractivity contribution in [3.8, 4) is 5.69 Å². The average Bonchev–Trinajstić information content (AvgIpc) is 2.71. The molecule has 0 unspecified atom stereocenters. The lowest BCUT2D eigenvalue weighted by Gasteiger charge is -2.15. The van der Waals surface area contributed by atoms with Crippen LogP contribution in [-0.2, 0) is 9.47 Å². The summed E-state index contributed by atoms with van der Waals surface area (Å²) in [6.45, 7) is 2.02. The van der Waals surface area contributed by atoms with E-state index in [0.29, 0.717) is 24.5 Å². The lowest BCUT2D eigenvalue weighted by atomic mass is 10.1. The molecule has 142 valence electrons. The Morgan fingerprint density at radius 2 is 2.22 bits per heavy atom. The van der Waals surface area contributed by atoms with Gasteiger partial charge < -0.3 is 14.8 Å². The molecule has 0 saturated carbocycles. The Hall–Kier alpha value is -2.64. The number of aromatic nitrogens is 2. The van der Waals surface area contributed by atoms with Crippen molar-refractivity contribution in [2.45, 2.75) is 12.8 Å². The van der Waals surface area contributed by atoms with Crippen molar-refractivity contribution in [2.75, 3.05) is 32.2 Å². The molecular weight excluding hydrogens is 370 g/mol. The number of ether oxygens (including phenoxy) is 2. The molecule has 8 heteroatoms. The third-order valence-electron chi connectivity index (χ3n) is 4.28. The van der Waals surface area contributed by atoms with Gasteiger partial charge >= 0.3 is 5.97 Å². The average molecular weight is 390 g/mol. The maximum atomic E-state index is 12.7. The highest BCUT2D eigenvalue weighted by atomic mass is 35.5. The highest BCUT2D eigenvalue weighted by Crippen LogP contribution is 2.20. The van der Waals surface area contributed by atoms with Crippen LogP contribution in [-0.4, -0.2) is 42.6 Å². The van der Waals surface area contributed by atoms with Crippen molar-refractivity contribution in [1.29, 1.82) is 0 Å². The third kappa shape index (κ3) is 4.37. The summed E-state index contributed by atoms with van der Waals surface area (Å²) in [4.78, 5) is 24.6. The molecule has 0 bridgehead atoms. The van der Waals surface area contributed by atoms with E-state index in [-0.39, 0.29) is 10.6 Å². The zero-order valence-corrected chi connectivity index (χ0v) is 15.7. The van der Waals surface area contributed by atoms with E-state index in [1.807, 2.05) is 0 Å². The van der Waals surface area contributed by atoms with Gasteiger partial charge in [0.2, 0.25) is 0 Å². The topological polar surface area (TPSA) is 82.5 Å². The molecule has 27 heavy (non-hydrogen) atoms. The van der Waals surface area contributed by atoms with Crippen molar-refractivity contribution in [2.24, 2.45) is 0 Å². The molecule has 1 aliphatic heterocycles. The minimum atomic E-state index is -0.553. The first-order valence-corrected chi connectivity index (χ1v) is 8.94. The number of hydrogen-bond acceptors (Lipinski definition) is 6. The number of carbonyl (C=O) groups is 1. The van der Waals surface area contributed by atoms with Gasteiger partial charge in [0, 0.05) is 6.54 Å². The van der Waals surface area contributed by atoms with E-state index in [2.05, 4.69) is 16.5 Å². The fraction of sp³-hybridized carbons (Fsp3) is 0.316. The number of esters is 1. The summed E-state index contributed by atoms with van der Waals surface area (Å²) in [7, 11) is 1.28. The van der Waals surface area contributed by atoms with Gasteiger partial charge in [-0.2, -0.15) is 9.78 Å². The van der Waals surface area contributed by atoms with Gasteiger partial charge in [-0.25, -0.2) is 4.79 Å². The van der Waals surface area contributed by atoms with E-state index < -0.39 is 11.5 Å². The molecule has 1 aliphatic rings. The standard InChI is InChI=1S/C19H20ClN3O4/c1-26-19(25)14-4-2-3-5-16(14)23-18(24)17(20)15(12-22-23)21-9-6-13-7-10-27-11-8-13/h2-5,7,12,21H,6,8-11H2,1H3. The van der Waals surface area contributed by atoms with E-state index in [1.54, 1.807) is 24.3 Å². The summed E-state index contributed by atoms with van der Waals surface area (Å²) in [6.07, 6.45) is 5.32. The third-order valence-corrected chi connectivity index (χ3v) is 4.64. The second kappa shape index (κ2) is 8.83. The number of methoxy groups -OCH3 is 1. The molecule has 1 aromatic carbocycles. The first kappa shape index (κ1) is 19.1. The van der Waals surface area contributed by atoms with Crippen LogP contribution in [0.4, 0.5) is 5.69 Å². The van der Waals surface area contributed by atoms with Crippen molar-refractivity contribution in [1.82, 2.24) is 9.78 Å². The van der Waals surface area contributed by atoms with Gasteiger partial charge in [-0.05, 0) is 25.0 Å². The SMILES string of the molecule is COC(=O)c1ccccc1-n1ncc(NCCC2=CCOCC2)c(Cl)c1=O. The number of nitrogens with one attached hydrogen (secondary N) is 1. The zero-order chi connectivity index (χ0) is 19.2. The maximum absolute atomic E-state index is 12.7. The van der Waals surface area contributed by atoms with Gasteiger partial charge in [0.15, 0.2) is 0 Å². The Labute approximate surface area is 161 Å². The minimum Gasteiger partial charge on any atom is -0.465 e. The van der Waals surface area contributed by atoms with Gasteiger partial charge in [0.05, 0.1) is 43.5 Å². The van der Waals surface area contributed by atoms with E-state index in [1.165, 1.54) is 18.9 Å². The Morgan fingerprint density at radius 1 is 1.41 bits per heavy atom. The molecule has 0 amide bonds. The van der Waals surface area contributed by atoms with Gasteiger partial charge in [-0.3, -0.25) is 4.79 Å². The maximum Gasteiger partial charge on any atom is 0.340 e. The zero-order valence-electron chi connectivity index (χ0n) is 14.9. The lowest BCUT2D eigenvalue weighted by Crippen LogP contribution is -2.25. The molecule has 7 nitrogen and oxygen atoms in total. The van der Waals surface area contributed by atoms with Crippen LogP contribution in [0.1, 0.15) is 23.2 Å². The van der Waals surface area contributed by atoms with E-state index in [9.17, 15) is 9.59 Å². The highest BCUT2D eigenvalue weighted by molar-refractivity contribution is 6.32. The van der Waals surface area contributed by atoms with Crippen LogP contribution in [0.25, 0.3) is 5.69 Å². The van der Waals surface area contributed by atoms with Crippen molar-refractivity contribution >= 4 is 23.3 Å². The summed E-state index contributed by atoms with van der Waals surface area (Å²) in [6, 6.07) is 6.57. The monoisotopic (exact) mass is 389 g/mol. The Bertz CT molecular complexity index is 923. The number of rotatable bonds is 6. The van der Waals surface area contributed by atoms with Gasteiger partial charge in [-0.1, -0.05) is 35.4 Å². The predicted molar refractivity (Wildman–Crippen MR) is 103 cm³/mol. The van der Waals surface area contributed by atoms with Crippen molar-refractivity contribution < 1.29 is 14.3 Å². The molecule has 2 heterocycles. The molecule has 0 spiro atoms. The largest absolute Gasteiger partial charge is 0.465 e. The number of para-hydroxylation sites is 1. The van der Waals surface area contributed by atoms with Crippen LogP contribution in [0.3, 0.4) is 0 Å². The molecule has 3 rings (SSSR count). The molecule has 0 radical (unpaired) electrons. The quantitative estimate of drug-likeness (QED) is 0.604. The second-order valence-corrected chi connectivity index (χ2v) is 6.34. The smallest absolute Gasteiger partial charge is 0.340 e. The number of halogens is 1. The minimum absolute atomic E-state index is 0.0191. The number of carbonyl (C=O) groups excluding carboxylic acids is 1. The molecule has 0 fully saturated rings. The van der Waals surface area contributed by atoms with Gasteiger partial charge in [0.1, 0.15) is 5.02 Å². The normalized spacial score (nSPS) is 13.8. The van der Waals surface area contributed by atoms with Crippen LogP contribution >= 0.6 is 11.6 Å². The summed E-state index contributed by atoms with van der Waals surface area (Å²) in [5.41, 5.74) is 1.82. The van der Waals surface area contributed by atoms with Crippen LogP contribution in [0.15, 0.2) is 46.9 Å². The van der Waals surface area contributed by atoms with Gasteiger partial charge in [0.25, 0.3) is 5.56 Å². The second-order valence-electron chi connectivity index (χ2n) is 5.96. The molecule has 2 aromatic rings. The van der Waals surface area contributed by atoms with Crippen LogP contribution in [0, 0.1) is 0 Å². The fourth-order valence-electron chi connectivity index (χ4n) is 2.82. The molecular formula is C19H20ClN3O4. The van der Waals surface area contributed by atoms with Gasteiger partial charge in [-0.15, -0.1) is 0 Å². The molecule has 0 atom stereocenters. The summed E-state index contributed by atoms with van der Waals surface area (Å²) < 4.78 is 11.1. The fourth-order valence-corrected chi connectivity index (χ4v) is 3.01. The van der Waals surface area contributed by atoms with Crippen molar-refractivity contribution in [3.63, 3.8) is 0 Å². The molecule has 1 N–H and O–H groups in total. The Kier molecular flexibility index (Phi) is 6.26. The van der Waals surface area contributed by atoms with Crippen molar-refractivity contribution in [3.05, 3.63) is 63.1 Å². The van der Waals surface area contributed by atoms with Crippen LogP contribution < -0.4 is 10.9 Å². The van der Waals surface area contributed by atoms with E-state index >= 15 is 0 Å². The number of benzene rings is 1. The molecule has 0 aliphatic carbocycles. The Morgan fingerprint density at radius 3 is 2.96 bits per heavy atom. The number of hydrogen-bond donors (Lipinski definition) is 1.